The van der Waals surface area contributed by atoms with Crippen LogP contribution in [0.5, 0.6) is 0 Å². The van der Waals surface area contributed by atoms with Crippen molar-refractivity contribution in [1.29, 1.82) is 0 Å². The molecule has 0 saturated carbocycles. The van der Waals surface area contributed by atoms with E-state index in [1.165, 1.54) is 25.9 Å². The molecular formula is C25H37N7O2. The van der Waals surface area contributed by atoms with Crippen molar-refractivity contribution in [3.8, 4) is 0 Å². The Kier molecular flexibility index (Phi) is 8.54. The van der Waals surface area contributed by atoms with Gasteiger partial charge < -0.3 is 30.5 Å². The van der Waals surface area contributed by atoms with Crippen LogP contribution in [0, 0.1) is 13.8 Å². The zero-order chi connectivity index (χ0) is 23.8. The number of hydrogen-bond donors (Lipinski definition) is 3. The van der Waals surface area contributed by atoms with Gasteiger partial charge in [0.25, 0.3) is 0 Å². The van der Waals surface area contributed by atoms with Crippen molar-refractivity contribution in [3.05, 3.63) is 35.7 Å². The molecule has 3 N–H and O–H groups in total. The summed E-state index contributed by atoms with van der Waals surface area (Å²) in [6, 6.07) is 7.70. The van der Waals surface area contributed by atoms with Gasteiger partial charge in [-0.1, -0.05) is 6.07 Å². The topological polar surface area (TPSA) is 94.6 Å². The third-order valence-electron chi connectivity index (χ3n) is 6.30. The molecule has 0 bridgehead atoms. The number of anilines is 4. The zero-order valence-electron chi connectivity index (χ0n) is 20.4. The smallest absolute Gasteiger partial charge is 0.319 e. The maximum atomic E-state index is 12.4. The standard InChI is InChI=1S/C25H37N7O2/c1-19-7-8-21(29-23-18-24(28-20(2)27-23)32-13-15-34-16-14-32)17-22(19)30-25(33)26-9-3-4-10-31-11-5-6-12-31/h7-8,17-18H,3-6,9-16H2,1-2H3,(H2,26,30,33)(H,27,28,29). The summed E-state index contributed by atoms with van der Waals surface area (Å²) < 4.78 is 5.45. The van der Waals surface area contributed by atoms with E-state index in [2.05, 4.69) is 35.7 Å². The van der Waals surface area contributed by atoms with Gasteiger partial charge in [-0.3, -0.25) is 0 Å². The minimum Gasteiger partial charge on any atom is -0.378 e. The summed E-state index contributed by atoms with van der Waals surface area (Å²) in [6.07, 6.45) is 4.74. The number of carbonyl (C=O) groups excluding carboxylic acids is 1. The molecule has 9 nitrogen and oxygen atoms in total. The van der Waals surface area contributed by atoms with Gasteiger partial charge >= 0.3 is 6.03 Å². The van der Waals surface area contributed by atoms with E-state index >= 15 is 0 Å². The fourth-order valence-electron chi connectivity index (χ4n) is 4.39. The lowest BCUT2D eigenvalue weighted by Crippen LogP contribution is -2.36. The molecule has 34 heavy (non-hydrogen) atoms. The number of rotatable bonds is 9. The number of aryl methyl sites for hydroxylation is 2. The van der Waals surface area contributed by atoms with Gasteiger partial charge in [0.1, 0.15) is 17.5 Å². The average Bonchev–Trinajstić information content (AvgIpc) is 3.35. The van der Waals surface area contributed by atoms with E-state index in [0.717, 1.165) is 61.0 Å². The highest BCUT2D eigenvalue weighted by molar-refractivity contribution is 5.90. The zero-order valence-corrected chi connectivity index (χ0v) is 20.4. The fraction of sp³-hybridized carbons (Fsp3) is 0.560. The summed E-state index contributed by atoms with van der Waals surface area (Å²) >= 11 is 0. The van der Waals surface area contributed by atoms with Crippen LogP contribution < -0.4 is 20.9 Å². The Balaban J connectivity index is 1.30. The number of ether oxygens (including phenoxy) is 1. The molecule has 0 unspecified atom stereocenters. The van der Waals surface area contributed by atoms with Crippen molar-refractivity contribution in [3.63, 3.8) is 0 Å². The molecule has 2 aliphatic heterocycles. The minimum absolute atomic E-state index is 0.172. The van der Waals surface area contributed by atoms with Gasteiger partial charge in [0.2, 0.25) is 0 Å². The SMILES string of the molecule is Cc1nc(Nc2ccc(C)c(NC(=O)NCCCCN3CCCC3)c2)cc(N2CCOCC2)n1. The van der Waals surface area contributed by atoms with Crippen LogP contribution in [0.25, 0.3) is 0 Å². The predicted molar refractivity (Wildman–Crippen MR) is 136 cm³/mol. The normalized spacial score (nSPS) is 16.5. The maximum Gasteiger partial charge on any atom is 0.319 e. The molecule has 0 atom stereocenters. The molecule has 2 fully saturated rings. The molecule has 0 aliphatic carbocycles. The average molecular weight is 468 g/mol. The summed E-state index contributed by atoms with van der Waals surface area (Å²) in [4.78, 5) is 26.3. The molecule has 184 valence electrons. The Labute approximate surface area is 202 Å². The van der Waals surface area contributed by atoms with Crippen molar-refractivity contribution in [2.24, 2.45) is 0 Å². The number of amides is 2. The van der Waals surface area contributed by atoms with Gasteiger partial charge in [0.05, 0.1) is 13.2 Å². The second kappa shape index (κ2) is 12.0. The van der Waals surface area contributed by atoms with Gasteiger partial charge in [-0.15, -0.1) is 0 Å². The Hall–Kier alpha value is -2.91. The summed E-state index contributed by atoms with van der Waals surface area (Å²) in [6.45, 7) is 11.2. The maximum absolute atomic E-state index is 12.4. The lowest BCUT2D eigenvalue weighted by atomic mass is 10.2. The summed E-state index contributed by atoms with van der Waals surface area (Å²) in [5, 5.41) is 9.33. The molecule has 0 spiro atoms. The number of hydrogen-bond acceptors (Lipinski definition) is 7. The van der Waals surface area contributed by atoms with Gasteiger partial charge in [0.15, 0.2) is 0 Å². The first-order chi connectivity index (χ1) is 16.6. The number of morpholine rings is 1. The van der Waals surface area contributed by atoms with Gasteiger partial charge in [-0.2, -0.15) is 0 Å². The van der Waals surface area contributed by atoms with Crippen LogP contribution in [-0.4, -0.2) is 73.4 Å². The van der Waals surface area contributed by atoms with E-state index in [1.54, 1.807) is 0 Å². The molecule has 1 aromatic carbocycles. The molecule has 2 aromatic rings. The monoisotopic (exact) mass is 467 g/mol. The van der Waals surface area contributed by atoms with Crippen molar-refractivity contribution in [2.75, 3.05) is 68.0 Å². The molecule has 3 heterocycles. The second-order valence-electron chi connectivity index (χ2n) is 9.05. The molecule has 1 aromatic heterocycles. The molecule has 0 radical (unpaired) electrons. The lowest BCUT2D eigenvalue weighted by molar-refractivity contribution is 0.122. The summed E-state index contributed by atoms with van der Waals surface area (Å²) in [7, 11) is 0. The lowest BCUT2D eigenvalue weighted by Gasteiger charge is -2.28. The number of nitrogens with zero attached hydrogens (tertiary/aromatic N) is 4. The van der Waals surface area contributed by atoms with Crippen LogP contribution in [-0.2, 0) is 4.74 Å². The first-order valence-corrected chi connectivity index (χ1v) is 12.4. The summed E-state index contributed by atoms with van der Waals surface area (Å²) in [5.74, 6) is 2.33. The quantitative estimate of drug-likeness (QED) is 0.485. The number of aromatic nitrogens is 2. The van der Waals surface area contributed by atoms with Gasteiger partial charge in [0, 0.05) is 37.1 Å². The van der Waals surface area contributed by atoms with E-state index in [9.17, 15) is 4.79 Å². The van der Waals surface area contributed by atoms with Crippen molar-refractivity contribution in [1.82, 2.24) is 20.2 Å². The Morgan fingerprint density at radius 3 is 2.62 bits per heavy atom. The van der Waals surface area contributed by atoms with Crippen molar-refractivity contribution in [2.45, 2.75) is 39.5 Å². The largest absolute Gasteiger partial charge is 0.378 e. The van der Waals surface area contributed by atoms with Crippen molar-refractivity contribution < 1.29 is 9.53 Å². The Morgan fingerprint density at radius 1 is 1.03 bits per heavy atom. The number of nitrogens with one attached hydrogen (secondary N) is 3. The van der Waals surface area contributed by atoms with E-state index in [0.29, 0.717) is 25.6 Å². The highest BCUT2D eigenvalue weighted by Gasteiger charge is 2.15. The van der Waals surface area contributed by atoms with Crippen molar-refractivity contribution >= 4 is 29.0 Å². The van der Waals surface area contributed by atoms with E-state index < -0.39 is 0 Å². The number of likely N-dealkylation sites (tertiary alicyclic amines) is 1. The molecule has 2 saturated heterocycles. The number of urea groups is 1. The number of unbranched alkanes of at least 4 members (excludes halogenated alkanes) is 1. The number of benzene rings is 1. The Bertz CT molecular complexity index is 956. The van der Waals surface area contributed by atoms with Crippen LogP contribution in [0.1, 0.15) is 37.1 Å². The van der Waals surface area contributed by atoms with Crippen LogP contribution in [0.2, 0.25) is 0 Å². The third kappa shape index (κ3) is 7.04. The van der Waals surface area contributed by atoms with Gasteiger partial charge in [-0.25, -0.2) is 14.8 Å². The molecular weight excluding hydrogens is 430 g/mol. The van der Waals surface area contributed by atoms with Gasteiger partial charge in [-0.05, 0) is 76.9 Å². The summed E-state index contributed by atoms with van der Waals surface area (Å²) in [5.41, 5.74) is 2.64. The van der Waals surface area contributed by atoms with Crippen LogP contribution >= 0.6 is 0 Å². The third-order valence-corrected chi connectivity index (χ3v) is 6.30. The first kappa shape index (κ1) is 24.2. The Morgan fingerprint density at radius 2 is 1.82 bits per heavy atom. The number of carbonyl (C=O) groups is 1. The highest BCUT2D eigenvalue weighted by Crippen LogP contribution is 2.25. The van der Waals surface area contributed by atoms with Crippen LogP contribution in [0.15, 0.2) is 24.3 Å². The van der Waals surface area contributed by atoms with E-state index in [4.69, 9.17) is 4.74 Å². The minimum atomic E-state index is -0.172. The van der Waals surface area contributed by atoms with Crippen LogP contribution in [0.3, 0.4) is 0 Å². The fourth-order valence-corrected chi connectivity index (χ4v) is 4.39. The molecule has 2 aliphatic rings. The highest BCUT2D eigenvalue weighted by atomic mass is 16.5. The van der Waals surface area contributed by atoms with Crippen LogP contribution in [0.4, 0.5) is 27.8 Å². The molecule has 2 amide bonds. The van der Waals surface area contributed by atoms with E-state index in [-0.39, 0.29) is 6.03 Å². The first-order valence-electron chi connectivity index (χ1n) is 12.4. The van der Waals surface area contributed by atoms with E-state index in [1.807, 2.05) is 38.1 Å². The molecule has 9 heteroatoms. The molecule has 4 rings (SSSR count). The second-order valence-corrected chi connectivity index (χ2v) is 9.05. The predicted octanol–water partition coefficient (Wildman–Crippen LogP) is 3.67.